The molecular weight excluding hydrogens is 464 g/mol. The van der Waals surface area contributed by atoms with Crippen LogP contribution in [-0.2, 0) is 30.4 Å². The van der Waals surface area contributed by atoms with Crippen molar-refractivity contribution in [2.24, 2.45) is 17.2 Å². The molecule has 4 unspecified atom stereocenters. The van der Waals surface area contributed by atoms with Gasteiger partial charge in [0.1, 0.15) is 24.2 Å². The minimum absolute atomic E-state index is 0.0701. The number of carboxylic acid groups (broad SMARTS) is 1. The molecule has 0 aliphatic heterocycles. The van der Waals surface area contributed by atoms with Crippen LogP contribution in [0.2, 0.25) is 0 Å². The topological polar surface area (TPSA) is 269 Å². The second-order valence-electron chi connectivity index (χ2n) is 7.88. The van der Waals surface area contributed by atoms with Crippen molar-refractivity contribution in [2.75, 3.05) is 13.2 Å². The number of rotatable bonds is 17. The quantitative estimate of drug-likeness (QED) is 0.0945. The van der Waals surface area contributed by atoms with Gasteiger partial charge in [0.05, 0.1) is 12.9 Å². The number of nitrogens with one attached hydrogen (secondary N) is 4. The van der Waals surface area contributed by atoms with E-state index < -0.39 is 60.4 Å². The zero-order valence-corrected chi connectivity index (χ0v) is 19.2. The zero-order chi connectivity index (χ0) is 26.4. The van der Waals surface area contributed by atoms with Crippen molar-refractivity contribution in [3.63, 3.8) is 0 Å². The summed E-state index contributed by atoms with van der Waals surface area (Å²) in [6, 6.07) is -5.07. The monoisotopic (exact) mass is 498 g/mol. The number of amides is 4. The van der Waals surface area contributed by atoms with Gasteiger partial charge in [-0.25, -0.2) is 9.78 Å². The first-order valence-corrected chi connectivity index (χ1v) is 11.0. The Balaban J connectivity index is 3.04. The van der Waals surface area contributed by atoms with Gasteiger partial charge in [0.25, 0.3) is 0 Å². The van der Waals surface area contributed by atoms with Crippen molar-refractivity contribution in [1.29, 1.82) is 0 Å². The highest BCUT2D eigenvalue weighted by Crippen LogP contribution is 2.06. The largest absolute Gasteiger partial charge is 0.480 e. The average Bonchev–Trinajstić information content (AvgIpc) is 3.32. The number of aliphatic hydroxyl groups is 1. The Morgan fingerprint density at radius 1 is 0.971 bits per heavy atom. The van der Waals surface area contributed by atoms with Crippen LogP contribution in [0.1, 0.15) is 37.8 Å². The molecule has 0 aromatic carbocycles. The van der Waals surface area contributed by atoms with Gasteiger partial charge in [-0.15, -0.1) is 0 Å². The number of nitrogens with two attached hydrogens (primary N) is 3. The third-order valence-electron chi connectivity index (χ3n) is 5.02. The summed E-state index contributed by atoms with van der Waals surface area (Å²) in [4.78, 5) is 67.5. The van der Waals surface area contributed by atoms with Crippen molar-refractivity contribution < 1.29 is 34.2 Å². The van der Waals surface area contributed by atoms with E-state index in [4.69, 9.17) is 22.3 Å². The highest BCUT2D eigenvalue weighted by atomic mass is 16.4. The Morgan fingerprint density at radius 2 is 1.60 bits per heavy atom. The Kier molecular flexibility index (Phi) is 12.9. The smallest absolute Gasteiger partial charge is 0.326 e. The first-order chi connectivity index (χ1) is 16.6. The van der Waals surface area contributed by atoms with E-state index in [1.165, 1.54) is 12.5 Å². The van der Waals surface area contributed by atoms with E-state index in [1.54, 1.807) is 0 Å². The molecular formula is C20H34N8O7. The van der Waals surface area contributed by atoms with Crippen LogP contribution >= 0.6 is 0 Å². The molecule has 0 aliphatic carbocycles. The summed E-state index contributed by atoms with van der Waals surface area (Å²) in [6.45, 7) is -0.307. The van der Waals surface area contributed by atoms with E-state index in [1.807, 2.05) is 0 Å². The molecule has 1 heterocycles. The van der Waals surface area contributed by atoms with Crippen LogP contribution in [0.3, 0.4) is 0 Å². The lowest BCUT2D eigenvalue weighted by Crippen LogP contribution is -2.58. The van der Waals surface area contributed by atoms with Crippen molar-refractivity contribution in [3.05, 3.63) is 18.2 Å². The summed E-state index contributed by atoms with van der Waals surface area (Å²) in [6.07, 6.45) is 3.45. The molecule has 4 amide bonds. The lowest BCUT2D eigenvalue weighted by molar-refractivity contribution is -0.142. The van der Waals surface area contributed by atoms with Gasteiger partial charge >= 0.3 is 5.97 Å². The SMILES string of the molecule is NCCCCC(NC(=O)C(Cc1cnc[nH]1)NC(=O)C(CCC(N)=O)NC(=O)C(N)CO)C(=O)O. The Labute approximate surface area is 201 Å². The predicted molar refractivity (Wildman–Crippen MR) is 122 cm³/mol. The van der Waals surface area contributed by atoms with E-state index >= 15 is 0 Å². The number of nitrogens with zero attached hydrogens (tertiary/aromatic N) is 1. The van der Waals surface area contributed by atoms with Gasteiger partial charge in [0.2, 0.25) is 23.6 Å². The summed E-state index contributed by atoms with van der Waals surface area (Å²) >= 11 is 0. The minimum atomic E-state index is -1.31. The molecule has 0 radical (unpaired) electrons. The van der Waals surface area contributed by atoms with Gasteiger partial charge in [-0.3, -0.25) is 19.2 Å². The van der Waals surface area contributed by atoms with Gasteiger partial charge in [-0.1, -0.05) is 0 Å². The molecule has 15 heteroatoms. The number of carboxylic acids is 1. The van der Waals surface area contributed by atoms with Crippen LogP contribution in [0.25, 0.3) is 0 Å². The molecule has 0 saturated carbocycles. The van der Waals surface area contributed by atoms with E-state index in [0.717, 1.165) is 0 Å². The average molecular weight is 499 g/mol. The summed E-state index contributed by atoms with van der Waals surface area (Å²) in [5, 5.41) is 25.7. The standard InChI is InChI=1S/C20H34N8O7/c21-6-2-1-3-14(20(34)35)27-19(33)15(7-11-8-24-10-25-11)28-18(32)13(4-5-16(23)30)26-17(31)12(22)9-29/h8,10,12-15,29H,1-7,9,21-22H2,(H2,23,30)(H,24,25)(H,26,31)(H,27,33)(H,28,32)(H,34,35). The maximum atomic E-state index is 13.0. The molecule has 1 rings (SSSR count). The molecule has 0 aliphatic rings. The predicted octanol–water partition coefficient (Wildman–Crippen LogP) is -3.79. The summed E-state index contributed by atoms with van der Waals surface area (Å²) in [5.74, 6) is -4.43. The van der Waals surface area contributed by atoms with Crippen molar-refractivity contribution in [3.8, 4) is 0 Å². The maximum Gasteiger partial charge on any atom is 0.326 e. The molecule has 0 bridgehead atoms. The minimum Gasteiger partial charge on any atom is -0.480 e. The number of aliphatic carboxylic acids is 1. The number of hydrogen-bond donors (Lipinski definition) is 9. The number of imidazole rings is 1. The summed E-state index contributed by atoms with van der Waals surface area (Å²) < 4.78 is 0. The molecule has 4 atom stereocenters. The number of unbranched alkanes of at least 4 members (excludes halogenated alkanes) is 1. The Bertz CT molecular complexity index is 849. The van der Waals surface area contributed by atoms with Crippen LogP contribution in [0.5, 0.6) is 0 Å². The van der Waals surface area contributed by atoms with Gasteiger partial charge in [-0.2, -0.15) is 0 Å². The molecule has 15 nitrogen and oxygen atoms in total. The highest BCUT2D eigenvalue weighted by molar-refractivity contribution is 5.94. The second-order valence-corrected chi connectivity index (χ2v) is 7.88. The normalized spacial score (nSPS) is 14.3. The number of carbonyl (C=O) groups is 5. The number of H-pyrrole nitrogens is 1. The molecule has 12 N–H and O–H groups in total. The number of aliphatic hydroxyl groups excluding tert-OH is 1. The van der Waals surface area contributed by atoms with Crippen molar-refractivity contribution in [1.82, 2.24) is 25.9 Å². The van der Waals surface area contributed by atoms with Crippen LogP contribution in [0.4, 0.5) is 0 Å². The molecule has 1 aromatic rings. The summed E-state index contributed by atoms with van der Waals surface area (Å²) in [7, 11) is 0. The van der Waals surface area contributed by atoms with Gasteiger partial charge in [-0.05, 0) is 32.2 Å². The number of aromatic nitrogens is 2. The van der Waals surface area contributed by atoms with Crippen LogP contribution in [0.15, 0.2) is 12.5 Å². The first kappa shape index (κ1) is 29.5. The molecule has 0 spiro atoms. The molecule has 0 fully saturated rings. The Hall–Kier alpha value is -3.56. The van der Waals surface area contributed by atoms with E-state index in [-0.39, 0.29) is 25.7 Å². The second kappa shape index (κ2) is 15.4. The third-order valence-corrected chi connectivity index (χ3v) is 5.02. The number of hydrogen-bond acceptors (Lipinski definition) is 9. The van der Waals surface area contributed by atoms with Crippen molar-refractivity contribution in [2.45, 2.75) is 62.7 Å². The van der Waals surface area contributed by atoms with E-state index in [9.17, 15) is 29.1 Å². The third kappa shape index (κ3) is 10.9. The van der Waals surface area contributed by atoms with Gasteiger partial charge < -0.3 is 48.3 Å². The zero-order valence-electron chi connectivity index (χ0n) is 19.2. The van der Waals surface area contributed by atoms with Crippen LogP contribution in [-0.4, -0.2) is 87.1 Å². The van der Waals surface area contributed by atoms with E-state index in [0.29, 0.717) is 25.1 Å². The number of carbonyl (C=O) groups excluding carboxylic acids is 4. The summed E-state index contributed by atoms with van der Waals surface area (Å²) in [5.41, 5.74) is 16.5. The molecule has 1 aromatic heterocycles. The molecule has 0 saturated heterocycles. The fraction of sp³-hybridized carbons (Fsp3) is 0.600. The van der Waals surface area contributed by atoms with Gasteiger partial charge in [0, 0.05) is 24.7 Å². The van der Waals surface area contributed by atoms with E-state index in [2.05, 4.69) is 25.9 Å². The highest BCUT2D eigenvalue weighted by Gasteiger charge is 2.30. The van der Waals surface area contributed by atoms with Crippen LogP contribution in [0, 0.1) is 0 Å². The fourth-order valence-electron chi connectivity index (χ4n) is 3.04. The fourth-order valence-corrected chi connectivity index (χ4v) is 3.04. The Morgan fingerprint density at radius 3 is 2.14 bits per heavy atom. The van der Waals surface area contributed by atoms with Crippen molar-refractivity contribution >= 4 is 29.6 Å². The lowest BCUT2D eigenvalue weighted by atomic mass is 10.1. The number of aromatic amines is 1. The first-order valence-electron chi connectivity index (χ1n) is 11.0. The maximum absolute atomic E-state index is 13.0. The number of primary amides is 1. The lowest BCUT2D eigenvalue weighted by Gasteiger charge is -2.25. The molecule has 196 valence electrons. The van der Waals surface area contributed by atoms with Gasteiger partial charge in [0.15, 0.2) is 0 Å². The van der Waals surface area contributed by atoms with Crippen LogP contribution < -0.4 is 33.2 Å². The molecule has 35 heavy (non-hydrogen) atoms.